The SMILES string of the molecule is CCNC(CCC(C)(C)C)c1cccc(C)c1. The summed E-state index contributed by atoms with van der Waals surface area (Å²) >= 11 is 0. The molecule has 1 heteroatoms. The van der Waals surface area contributed by atoms with E-state index in [1.165, 1.54) is 24.0 Å². The van der Waals surface area contributed by atoms with Gasteiger partial charge in [-0.2, -0.15) is 0 Å². The third kappa shape index (κ3) is 5.36. The molecule has 0 heterocycles. The molecule has 0 bridgehead atoms. The fraction of sp³-hybridized carbons (Fsp3) is 0.625. The van der Waals surface area contributed by atoms with Crippen molar-refractivity contribution >= 4 is 0 Å². The van der Waals surface area contributed by atoms with Crippen molar-refractivity contribution in [2.45, 2.75) is 53.5 Å². The molecule has 0 fully saturated rings. The normalized spacial score (nSPS) is 13.7. The molecule has 17 heavy (non-hydrogen) atoms. The molecule has 1 rings (SSSR count). The van der Waals surface area contributed by atoms with Crippen LogP contribution in [0.1, 0.15) is 57.7 Å². The Morgan fingerprint density at radius 2 is 1.94 bits per heavy atom. The van der Waals surface area contributed by atoms with Gasteiger partial charge in [-0.25, -0.2) is 0 Å². The topological polar surface area (TPSA) is 12.0 Å². The minimum Gasteiger partial charge on any atom is -0.310 e. The number of nitrogens with one attached hydrogen (secondary N) is 1. The molecule has 0 aromatic heterocycles. The number of rotatable bonds is 5. The minimum atomic E-state index is 0.414. The summed E-state index contributed by atoms with van der Waals surface area (Å²) in [6, 6.07) is 9.36. The molecule has 1 atom stereocenters. The number of benzene rings is 1. The second kappa shape index (κ2) is 6.20. The molecule has 0 aliphatic rings. The quantitative estimate of drug-likeness (QED) is 0.791. The van der Waals surface area contributed by atoms with E-state index in [2.05, 4.69) is 64.2 Å². The van der Waals surface area contributed by atoms with E-state index in [0.29, 0.717) is 11.5 Å². The van der Waals surface area contributed by atoms with Crippen molar-refractivity contribution in [2.75, 3.05) is 6.54 Å². The van der Waals surface area contributed by atoms with Gasteiger partial charge in [0.1, 0.15) is 0 Å². The molecular formula is C16H27N. The van der Waals surface area contributed by atoms with Gasteiger partial charge in [-0.3, -0.25) is 0 Å². The summed E-state index contributed by atoms with van der Waals surface area (Å²) in [7, 11) is 0. The molecule has 0 aliphatic heterocycles. The predicted molar refractivity (Wildman–Crippen MR) is 76.3 cm³/mol. The maximum atomic E-state index is 3.60. The molecule has 1 nitrogen and oxygen atoms in total. The molecular weight excluding hydrogens is 206 g/mol. The lowest BCUT2D eigenvalue weighted by Crippen LogP contribution is -2.22. The second-order valence-electron chi connectivity index (χ2n) is 6.12. The lowest BCUT2D eigenvalue weighted by atomic mass is 9.87. The Morgan fingerprint density at radius 1 is 1.24 bits per heavy atom. The highest BCUT2D eigenvalue weighted by molar-refractivity contribution is 5.25. The standard InChI is InChI=1S/C16H27N/c1-6-17-15(10-11-16(3,4)5)14-9-7-8-13(2)12-14/h7-9,12,15,17H,6,10-11H2,1-5H3. The van der Waals surface area contributed by atoms with Crippen molar-refractivity contribution in [2.24, 2.45) is 5.41 Å². The van der Waals surface area contributed by atoms with Crippen LogP contribution in [-0.2, 0) is 0 Å². The van der Waals surface area contributed by atoms with E-state index in [4.69, 9.17) is 0 Å². The van der Waals surface area contributed by atoms with Crippen LogP contribution in [0.4, 0.5) is 0 Å². The summed E-state index contributed by atoms with van der Waals surface area (Å²) < 4.78 is 0. The molecule has 0 saturated heterocycles. The van der Waals surface area contributed by atoms with Gasteiger partial charge in [0.05, 0.1) is 0 Å². The van der Waals surface area contributed by atoms with Crippen molar-refractivity contribution in [1.29, 1.82) is 0 Å². The van der Waals surface area contributed by atoms with Gasteiger partial charge < -0.3 is 5.32 Å². The predicted octanol–water partition coefficient (Wildman–Crippen LogP) is 4.47. The van der Waals surface area contributed by atoms with Crippen LogP contribution >= 0.6 is 0 Å². The fourth-order valence-electron chi connectivity index (χ4n) is 2.10. The summed E-state index contributed by atoms with van der Waals surface area (Å²) in [6.45, 7) is 12.3. The lowest BCUT2D eigenvalue weighted by Gasteiger charge is -2.24. The Hall–Kier alpha value is -0.820. The van der Waals surface area contributed by atoms with E-state index in [0.717, 1.165) is 6.54 Å². The first kappa shape index (κ1) is 14.2. The third-order valence-electron chi connectivity index (χ3n) is 3.08. The van der Waals surface area contributed by atoms with Crippen molar-refractivity contribution in [3.63, 3.8) is 0 Å². The fourth-order valence-corrected chi connectivity index (χ4v) is 2.10. The van der Waals surface area contributed by atoms with E-state index >= 15 is 0 Å². The monoisotopic (exact) mass is 233 g/mol. The van der Waals surface area contributed by atoms with Gasteiger partial charge in [0.2, 0.25) is 0 Å². The van der Waals surface area contributed by atoms with E-state index in [1.807, 2.05) is 0 Å². The minimum absolute atomic E-state index is 0.414. The second-order valence-corrected chi connectivity index (χ2v) is 6.12. The first-order chi connectivity index (χ1) is 7.92. The lowest BCUT2D eigenvalue weighted by molar-refractivity contribution is 0.334. The van der Waals surface area contributed by atoms with Crippen molar-refractivity contribution in [3.05, 3.63) is 35.4 Å². The highest BCUT2D eigenvalue weighted by atomic mass is 14.9. The summed E-state index contributed by atoms with van der Waals surface area (Å²) in [5, 5.41) is 3.60. The van der Waals surface area contributed by atoms with Gasteiger partial charge in [-0.1, -0.05) is 57.5 Å². The van der Waals surface area contributed by atoms with Crippen LogP contribution in [0.25, 0.3) is 0 Å². The molecule has 96 valence electrons. The third-order valence-corrected chi connectivity index (χ3v) is 3.08. The van der Waals surface area contributed by atoms with Crippen LogP contribution in [0.5, 0.6) is 0 Å². The van der Waals surface area contributed by atoms with Crippen LogP contribution < -0.4 is 5.32 Å². The number of hydrogen-bond donors (Lipinski definition) is 1. The molecule has 0 spiro atoms. The van der Waals surface area contributed by atoms with E-state index < -0.39 is 0 Å². The van der Waals surface area contributed by atoms with Gasteiger partial charge in [-0.15, -0.1) is 0 Å². The van der Waals surface area contributed by atoms with Crippen LogP contribution in [0, 0.1) is 12.3 Å². The molecule has 0 saturated carbocycles. The zero-order valence-corrected chi connectivity index (χ0v) is 12.0. The summed E-state index contributed by atoms with van der Waals surface area (Å²) in [6.07, 6.45) is 2.46. The van der Waals surface area contributed by atoms with E-state index in [-0.39, 0.29) is 0 Å². The average Bonchev–Trinajstić information content (AvgIpc) is 2.23. The molecule has 0 aliphatic carbocycles. The Bertz CT molecular complexity index is 336. The van der Waals surface area contributed by atoms with Crippen LogP contribution in [0.15, 0.2) is 24.3 Å². The average molecular weight is 233 g/mol. The van der Waals surface area contributed by atoms with Gasteiger partial charge in [0, 0.05) is 6.04 Å². The Labute approximate surface area is 107 Å². The first-order valence-electron chi connectivity index (χ1n) is 6.72. The van der Waals surface area contributed by atoms with Crippen LogP contribution in [0.2, 0.25) is 0 Å². The Kier molecular flexibility index (Phi) is 5.20. The van der Waals surface area contributed by atoms with Gasteiger partial charge in [-0.05, 0) is 37.3 Å². The number of hydrogen-bond acceptors (Lipinski definition) is 1. The first-order valence-corrected chi connectivity index (χ1v) is 6.72. The molecule has 1 unspecified atom stereocenters. The smallest absolute Gasteiger partial charge is 0.0320 e. The van der Waals surface area contributed by atoms with E-state index in [9.17, 15) is 0 Å². The van der Waals surface area contributed by atoms with Crippen molar-refractivity contribution in [3.8, 4) is 0 Å². The van der Waals surface area contributed by atoms with Gasteiger partial charge in [0.15, 0.2) is 0 Å². The Balaban J connectivity index is 2.71. The van der Waals surface area contributed by atoms with Crippen molar-refractivity contribution in [1.82, 2.24) is 5.32 Å². The van der Waals surface area contributed by atoms with Gasteiger partial charge in [0.25, 0.3) is 0 Å². The number of aryl methyl sites for hydroxylation is 1. The maximum Gasteiger partial charge on any atom is 0.0320 e. The molecule has 0 amide bonds. The van der Waals surface area contributed by atoms with Gasteiger partial charge >= 0.3 is 0 Å². The van der Waals surface area contributed by atoms with Crippen LogP contribution in [-0.4, -0.2) is 6.54 Å². The molecule has 1 N–H and O–H groups in total. The molecule has 1 aromatic carbocycles. The highest BCUT2D eigenvalue weighted by Crippen LogP contribution is 2.27. The summed E-state index contributed by atoms with van der Waals surface area (Å²) in [4.78, 5) is 0. The molecule has 0 radical (unpaired) electrons. The zero-order valence-electron chi connectivity index (χ0n) is 12.0. The Morgan fingerprint density at radius 3 is 2.47 bits per heavy atom. The van der Waals surface area contributed by atoms with Crippen molar-refractivity contribution < 1.29 is 0 Å². The zero-order chi connectivity index (χ0) is 12.9. The molecule has 1 aromatic rings. The highest BCUT2D eigenvalue weighted by Gasteiger charge is 2.16. The van der Waals surface area contributed by atoms with Crippen LogP contribution in [0.3, 0.4) is 0 Å². The largest absolute Gasteiger partial charge is 0.310 e. The summed E-state index contributed by atoms with van der Waals surface area (Å²) in [5.41, 5.74) is 3.19. The summed E-state index contributed by atoms with van der Waals surface area (Å²) in [5.74, 6) is 0. The van der Waals surface area contributed by atoms with E-state index in [1.54, 1.807) is 0 Å². The maximum absolute atomic E-state index is 3.60.